The Morgan fingerprint density at radius 2 is 2.11 bits per heavy atom. The van der Waals surface area contributed by atoms with Gasteiger partial charge in [-0.05, 0) is 43.5 Å². The van der Waals surface area contributed by atoms with E-state index >= 15 is 0 Å². The van der Waals surface area contributed by atoms with Gasteiger partial charge in [0.05, 0.1) is 6.61 Å². The molecule has 1 aliphatic carbocycles. The van der Waals surface area contributed by atoms with E-state index in [9.17, 15) is 0 Å². The van der Waals surface area contributed by atoms with E-state index in [1.807, 2.05) is 30.3 Å². The molecule has 0 aliphatic heterocycles. The van der Waals surface area contributed by atoms with Crippen LogP contribution in [0.4, 0.5) is 0 Å². The van der Waals surface area contributed by atoms with Crippen LogP contribution in [0.1, 0.15) is 26.2 Å². The minimum absolute atomic E-state index is 0.109. The van der Waals surface area contributed by atoms with Crippen LogP contribution in [-0.2, 0) is 0 Å². The molecule has 0 saturated heterocycles. The highest BCUT2D eigenvalue weighted by atomic mass is 79.9. The largest absolute Gasteiger partial charge is 0.494 e. The number of rotatable bonds is 8. The van der Waals surface area contributed by atoms with E-state index < -0.39 is 0 Å². The molecule has 0 bridgehead atoms. The van der Waals surface area contributed by atoms with Crippen molar-refractivity contribution < 1.29 is 4.74 Å². The van der Waals surface area contributed by atoms with Gasteiger partial charge >= 0.3 is 0 Å². The molecule has 1 N–H and O–H groups in total. The number of ether oxygens (including phenoxy) is 1. The molecule has 19 heavy (non-hydrogen) atoms. The summed E-state index contributed by atoms with van der Waals surface area (Å²) >= 11 is 3.42. The normalized spacial score (nSPS) is 17.8. The fourth-order valence-electron chi connectivity index (χ4n) is 1.86. The predicted molar refractivity (Wildman–Crippen MR) is 83.6 cm³/mol. The molecule has 2 nitrogen and oxygen atoms in total. The molecule has 0 heterocycles. The molecule has 1 unspecified atom stereocenters. The molecule has 0 spiro atoms. The molecule has 0 radical (unpaired) electrons. The number of hydrogen-bond acceptors (Lipinski definition) is 2. The molecule has 2 rings (SSSR count). The summed E-state index contributed by atoms with van der Waals surface area (Å²) in [5, 5.41) is 3.57. The van der Waals surface area contributed by atoms with Crippen molar-refractivity contribution in [3.63, 3.8) is 0 Å². The van der Waals surface area contributed by atoms with Crippen LogP contribution in [0.2, 0.25) is 0 Å². The topological polar surface area (TPSA) is 21.3 Å². The molecular formula is C16H22BrNO. The lowest BCUT2D eigenvalue weighted by Gasteiger charge is -2.26. The summed E-state index contributed by atoms with van der Waals surface area (Å²) in [5.74, 6) is 0.921. The lowest BCUT2D eigenvalue weighted by molar-refractivity contribution is 0.244. The van der Waals surface area contributed by atoms with E-state index in [-0.39, 0.29) is 5.41 Å². The Morgan fingerprint density at radius 1 is 1.42 bits per heavy atom. The van der Waals surface area contributed by atoms with Crippen molar-refractivity contribution in [1.82, 2.24) is 5.32 Å². The monoisotopic (exact) mass is 323 g/mol. The first-order valence-electron chi connectivity index (χ1n) is 6.87. The summed E-state index contributed by atoms with van der Waals surface area (Å²) in [6.07, 6.45) is 5.67. The van der Waals surface area contributed by atoms with Crippen LogP contribution in [0.25, 0.3) is 0 Å². The molecule has 1 atom stereocenters. The standard InChI is InChI=1S/C16H22BrNO/c1-3-16(2,12-18-14-6-7-14)10-11-19-15-8-4-13(17)5-9-15/h3-5,8-9,14,18H,1,6-7,10-12H2,2H3. The molecule has 1 aromatic carbocycles. The Balaban J connectivity index is 1.75. The van der Waals surface area contributed by atoms with E-state index in [1.54, 1.807) is 0 Å². The SMILES string of the molecule is C=CC(C)(CCOc1ccc(Br)cc1)CNC1CC1. The van der Waals surface area contributed by atoms with Crippen molar-refractivity contribution in [2.24, 2.45) is 5.41 Å². The van der Waals surface area contributed by atoms with Crippen molar-refractivity contribution in [3.05, 3.63) is 41.4 Å². The van der Waals surface area contributed by atoms with Crippen LogP contribution in [0, 0.1) is 5.41 Å². The Labute approximate surface area is 124 Å². The fraction of sp³-hybridized carbons (Fsp3) is 0.500. The van der Waals surface area contributed by atoms with Gasteiger partial charge in [-0.1, -0.05) is 28.9 Å². The highest BCUT2D eigenvalue weighted by Gasteiger charge is 2.26. The molecule has 0 aromatic heterocycles. The van der Waals surface area contributed by atoms with Crippen molar-refractivity contribution in [1.29, 1.82) is 0 Å². The Morgan fingerprint density at radius 3 is 2.68 bits per heavy atom. The van der Waals surface area contributed by atoms with Gasteiger partial charge < -0.3 is 10.1 Å². The second-order valence-corrected chi connectivity index (χ2v) is 6.48. The maximum Gasteiger partial charge on any atom is 0.119 e. The van der Waals surface area contributed by atoms with Gasteiger partial charge in [0.1, 0.15) is 5.75 Å². The van der Waals surface area contributed by atoms with Gasteiger partial charge in [-0.15, -0.1) is 6.58 Å². The zero-order valence-corrected chi connectivity index (χ0v) is 13.1. The van der Waals surface area contributed by atoms with E-state index in [4.69, 9.17) is 4.74 Å². The molecule has 0 amide bonds. The summed E-state index contributed by atoms with van der Waals surface area (Å²) in [6.45, 7) is 7.91. The minimum Gasteiger partial charge on any atom is -0.494 e. The Bertz CT molecular complexity index is 413. The summed E-state index contributed by atoms with van der Waals surface area (Å²) in [7, 11) is 0. The van der Waals surface area contributed by atoms with Crippen LogP contribution in [0.15, 0.2) is 41.4 Å². The predicted octanol–water partition coefficient (Wildman–Crippen LogP) is 4.16. The molecule has 1 aromatic rings. The smallest absolute Gasteiger partial charge is 0.119 e. The number of hydrogen-bond donors (Lipinski definition) is 1. The third-order valence-corrected chi connectivity index (χ3v) is 4.15. The number of halogens is 1. The summed E-state index contributed by atoms with van der Waals surface area (Å²) in [6, 6.07) is 8.70. The van der Waals surface area contributed by atoms with Gasteiger partial charge in [0.15, 0.2) is 0 Å². The average Bonchev–Trinajstić information content (AvgIpc) is 3.23. The van der Waals surface area contributed by atoms with Gasteiger partial charge in [0.25, 0.3) is 0 Å². The second kappa shape index (κ2) is 6.58. The molecule has 1 fully saturated rings. The highest BCUT2D eigenvalue weighted by Crippen LogP contribution is 2.26. The first-order chi connectivity index (χ1) is 9.11. The first-order valence-corrected chi connectivity index (χ1v) is 7.66. The van der Waals surface area contributed by atoms with Crippen molar-refractivity contribution in [3.8, 4) is 5.75 Å². The molecule has 104 valence electrons. The number of nitrogens with one attached hydrogen (secondary N) is 1. The number of benzene rings is 1. The quantitative estimate of drug-likeness (QED) is 0.725. The fourth-order valence-corrected chi connectivity index (χ4v) is 2.12. The van der Waals surface area contributed by atoms with E-state index in [1.165, 1.54) is 12.8 Å². The van der Waals surface area contributed by atoms with Crippen LogP contribution < -0.4 is 10.1 Å². The lowest BCUT2D eigenvalue weighted by atomic mass is 9.87. The van der Waals surface area contributed by atoms with Crippen LogP contribution in [-0.4, -0.2) is 19.2 Å². The van der Waals surface area contributed by atoms with Gasteiger partial charge in [0, 0.05) is 22.5 Å². The third-order valence-electron chi connectivity index (χ3n) is 3.62. The maximum atomic E-state index is 5.78. The van der Waals surface area contributed by atoms with Gasteiger partial charge in [-0.3, -0.25) is 0 Å². The van der Waals surface area contributed by atoms with Crippen LogP contribution in [0.5, 0.6) is 5.75 Å². The van der Waals surface area contributed by atoms with Crippen molar-refractivity contribution >= 4 is 15.9 Å². The molecule has 1 saturated carbocycles. The average molecular weight is 324 g/mol. The maximum absolute atomic E-state index is 5.78. The van der Waals surface area contributed by atoms with Gasteiger partial charge in [-0.25, -0.2) is 0 Å². The van der Waals surface area contributed by atoms with E-state index in [0.717, 1.165) is 35.8 Å². The highest BCUT2D eigenvalue weighted by molar-refractivity contribution is 9.10. The van der Waals surface area contributed by atoms with E-state index in [2.05, 4.69) is 34.7 Å². The second-order valence-electron chi connectivity index (χ2n) is 5.57. The summed E-state index contributed by atoms with van der Waals surface area (Å²) in [5.41, 5.74) is 0.109. The van der Waals surface area contributed by atoms with Crippen LogP contribution in [0.3, 0.4) is 0 Å². The Kier molecular flexibility index (Phi) is 5.06. The van der Waals surface area contributed by atoms with Crippen LogP contribution >= 0.6 is 15.9 Å². The third kappa shape index (κ3) is 5.00. The minimum atomic E-state index is 0.109. The summed E-state index contributed by atoms with van der Waals surface area (Å²) in [4.78, 5) is 0. The molecule has 3 heteroatoms. The zero-order chi connectivity index (χ0) is 13.7. The molecular weight excluding hydrogens is 302 g/mol. The Hall–Kier alpha value is -0.800. The van der Waals surface area contributed by atoms with Crippen molar-refractivity contribution in [2.45, 2.75) is 32.2 Å². The summed E-state index contributed by atoms with van der Waals surface area (Å²) < 4.78 is 6.86. The van der Waals surface area contributed by atoms with Gasteiger partial charge in [-0.2, -0.15) is 0 Å². The molecule has 1 aliphatic rings. The first kappa shape index (κ1) is 14.6. The lowest BCUT2D eigenvalue weighted by Crippen LogP contribution is -2.32. The van der Waals surface area contributed by atoms with Crippen molar-refractivity contribution in [2.75, 3.05) is 13.2 Å². The van der Waals surface area contributed by atoms with E-state index in [0.29, 0.717) is 0 Å². The zero-order valence-electron chi connectivity index (χ0n) is 11.5. The van der Waals surface area contributed by atoms with Gasteiger partial charge in [0.2, 0.25) is 0 Å².